The number of pyridine rings is 1. The Balaban J connectivity index is 1.65. The highest BCUT2D eigenvalue weighted by molar-refractivity contribution is 5.96. The summed E-state index contributed by atoms with van der Waals surface area (Å²) in [5, 5.41) is 0. The summed E-state index contributed by atoms with van der Waals surface area (Å²) in [5.74, 6) is -0.347. The number of hydrogen-bond acceptors (Lipinski definition) is 3. The SMILES string of the molecule is CCn1ccc(C(=O)N2CCN(Cc3ccc(C)cc3)C(=O)C2)cc1=O. The molecule has 0 aliphatic carbocycles. The predicted octanol–water partition coefficient (Wildman–Crippen LogP) is 1.66. The monoisotopic (exact) mass is 353 g/mol. The van der Waals surface area contributed by atoms with Crippen molar-refractivity contribution in [3.8, 4) is 0 Å². The number of carbonyl (C=O) groups excluding carboxylic acids is 2. The zero-order chi connectivity index (χ0) is 18.7. The molecule has 0 bridgehead atoms. The lowest BCUT2D eigenvalue weighted by Crippen LogP contribution is -2.51. The van der Waals surface area contributed by atoms with Gasteiger partial charge in [-0.25, -0.2) is 0 Å². The van der Waals surface area contributed by atoms with Crippen molar-refractivity contribution < 1.29 is 9.59 Å². The number of rotatable bonds is 4. The lowest BCUT2D eigenvalue weighted by molar-refractivity contribution is -0.135. The first kappa shape index (κ1) is 17.9. The van der Waals surface area contributed by atoms with Crippen LogP contribution in [0.4, 0.5) is 0 Å². The number of carbonyl (C=O) groups is 2. The zero-order valence-electron chi connectivity index (χ0n) is 15.1. The Bertz CT molecular complexity index is 871. The third-order valence-corrected chi connectivity index (χ3v) is 4.68. The van der Waals surface area contributed by atoms with E-state index in [1.165, 1.54) is 21.1 Å². The van der Waals surface area contributed by atoms with Gasteiger partial charge in [0.05, 0.1) is 0 Å². The van der Waals surface area contributed by atoms with Crippen LogP contribution in [-0.4, -0.2) is 45.8 Å². The molecule has 6 nitrogen and oxygen atoms in total. The summed E-state index contributed by atoms with van der Waals surface area (Å²) >= 11 is 0. The van der Waals surface area contributed by atoms with E-state index >= 15 is 0 Å². The van der Waals surface area contributed by atoms with Crippen LogP contribution in [0.25, 0.3) is 0 Å². The molecule has 1 fully saturated rings. The third-order valence-electron chi connectivity index (χ3n) is 4.68. The molecule has 0 unspecified atom stereocenters. The summed E-state index contributed by atoms with van der Waals surface area (Å²) < 4.78 is 1.53. The van der Waals surface area contributed by atoms with Gasteiger partial charge < -0.3 is 14.4 Å². The summed E-state index contributed by atoms with van der Waals surface area (Å²) in [6, 6.07) is 11.1. The van der Waals surface area contributed by atoms with Crippen molar-refractivity contribution in [1.29, 1.82) is 0 Å². The fourth-order valence-corrected chi connectivity index (χ4v) is 3.05. The van der Waals surface area contributed by atoms with Gasteiger partial charge in [0.15, 0.2) is 0 Å². The molecule has 0 atom stereocenters. The normalized spacial score (nSPS) is 14.6. The first-order chi connectivity index (χ1) is 12.5. The zero-order valence-corrected chi connectivity index (χ0v) is 15.1. The largest absolute Gasteiger partial charge is 0.335 e. The van der Waals surface area contributed by atoms with E-state index in [-0.39, 0.29) is 23.9 Å². The Kier molecular flexibility index (Phi) is 5.21. The van der Waals surface area contributed by atoms with Crippen LogP contribution in [0.15, 0.2) is 47.4 Å². The van der Waals surface area contributed by atoms with Gasteiger partial charge >= 0.3 is 0 Å². The van der Waals surface area contributed by atoms with Crippen molar-refractivity contribution in [1.82, 2.24) is 14.4 Å². The average molecular weight is 353 g/mol. The molecular weight excluding hydrogens is 330 g/mol. The van der Waals surface area contributed by atoms with E-state index in [0.717, 1.165) is 5.56 Å². The van der Waals surface area contributed by atoms with Gasteiger partial charge in [0.1, 0.15) is 6.54 Å². The number of amides is 2. The highest BCUT2D eigenvalue weighted by Crippen LogP contribution is 2.13. The highest BCUT2D eigenvalue weighted by atomic mass is 16.2. The predicted molar refractivity (Wildman–Crippen MR) is 98.9 cm³/mol. The van der Waals surface area contributed by atoms with E-state index in [9.17, 15) is 14.4 Å². The Morgan fingerprint density at radius 1 is 1.08 bits per heavy atom. The van der Waals surface area contributed by atoms with E-state index in [1.54, 1.807) is 17.2 Å². The lowest BCUT2D eigenvalue weighted by atomic mass is 10.1. The summed E-state index contributed by atoms with van der Waals surface area (Å²) in [5.41, 5.74) is 2.38. The van der Waals surface area contributed by atoms with Crippen molar-refractivity contribution in [2.75, 3.05) is 19.6 Å². The van der Waals surface area contributed by atoms with Gasteiger partial charge in [-0.3, -0.25) is 14.4 Å². The summed E-state index contributed by atoms with van der Waals surface area (Å²) in [6.45, 7) is 6.00. The minimum absolute atomic E-state index is 0.0432. The minimum Gasteiger partial charge on any atom is -0.335 e. The van der Waals surface area contributed by atoms with E-state index in [1.807, 2.05) is 38.1 Å². The van der Waals surface area contributed by atoms with Crippen LogP contribution < -0.4 is 5.56 Å². The molecule has 0 N–H and O–H groups in total. The molecule has 136 valence electrons. The fourth-order valence-electron chi connectivity index (χ4n) is 3.05. The fraction of sp³-hybridized carbons (Fsp3) is 0.350. The van der Waals surface area contributed by atoms with Crippen LogP contribution >= 0.6 is 0 Å². The van der Waals surface area contributed by atoms with Crippen LogP contribution in [0, 0.1) is 6.92 Å². The van der Waals surface area contributed by atoms with E-state index < -0.39 is 0 Å². The second kappa shape index (κ2) is 7.56. The molecule has 6 heteroatoms. The number of aromatic nitrogens is 1. The molecule has 2 aromatic rings. The number of hydrogen-bond donors (Lipinski definition) is 0. The molecule has 0 spiro atoms. The van der Waals surface area contributed by atoms with Gasteiger partial charge in [-0.15, -0.1) is 0 Å². The van der Waals surface area contributed by atoms with Gasteiger partial charge in [0, 0.05) is 44.0 Å². The standard InChI is InChI=1S/C20H23N3O3/c1-3-21-9-8-17(12-18(21)24)20(26)23-11-10-22(19(25)14-23)13-16-6-4-15(2)5-7-16/h4-9,12H,3,10-11,13-14H2,1-2H3. The molecule has 1 aromatic carbocycles. The van der Waals surface area contributed by atoms with Gasteiger partial charge in [0.2, 0.25) is 5.91 Å². The quantitative estimate of drug-likeness (QED) is 0.840. The highest BCUT2D eigenvalue weighted by Gasteiger charge is 2.27. The molecule has 1 aromatic heterocycles. The molecular formula is C20H23N3O3. The molecule has 2 amide bonds. The Hall–Kier alpha value is -2.89. The Morgan fingerprint density at radius 2 is 1.81 bits per heavy atom. The van der Waals surface area contributed by atoms with Crippen LogP contribution in [0.2, 0.25) is 0 Å². The van der Waals surface area contributed by atoms with Crippen LogP contribution in [0.3, 0.4) is 0 Å². The number of nitrogens with zero attached hydrogens (tertiary/aromatic N) is 3. The lowest BCUT2D eigenvalue weighted by Gasteiger charge is -2.34. The van der Waals surface area contributed by atoms with Crippen molar-refractivity contribution in [2.24, 2.45) is 0 Å². The molecule has 1 aliphatic rings. The maximum atomic E-state index is 12.6. The molecule has 0 radical (unpaired) electrons. The Labute approximate surface area is 152 Å². The molecule has 3 rings (SSSR count). The smallest absolute Gasteiger partial charge is 0.254 e. The number of benzene rings is 1. The van der Waals surface area contributed by atoms with E-state index in [4.69, 9.17) is 0 Å². The number of aryl methyl sites for hydroxylation is 2. The van der Waals surface area contributed by atoms with Gasteiger partial charge in [-0.2, -0.15) is 0 Å². The first-order valence-electron chi connectivity index (χ1n) is 8.81. The number of piperazine rings is 1. The van der Waals surface area contributed by atoms with Gasteiger partial charge in [-0.1, -0.05) is 29.8 Å². The summed E-state index contributed by atoms with van der Waals surface area (Å²) in [6.07, 6.45) is 1.62. The topological polar surface area (TPSA) is 62.6 Å². The molecule has 1 saturated heterocycles. The second-order valence-corrected chi connectivity index (χ2v) is 6.57. The van der Waals surface area contributed by atoms with E-state index in [0.29, 0.717) is 31.7 Å². The summed E-state index contributed by atoms with van der Waals surface area (Å²) in [4.78, 5) is 40.3. The first-order valence-corrected chi connectivity index (χ1v) is 8.81. The van der Waals surface area contributed by atoms with Crippen molar-refractivity contribution in [3.63, 3.8) is 0 Å². The Morgan fingerprint density at radius 3 is 2.42 bits per heavy atom. The summed E-state index contributed by atoms with van der Waals surface area (Å²) in [7, 11) is 0. The maximum Gasteiger partial charge on any atom is 0.254 e. The van der Waals surface area contributed by atoms with Crippen LogP contribution in [0.1, 0.15) is 28.4 Å². The molecule has 1 aliphatic heterocycles. The maximum absolute atomic E-state index is 12.6. The van der Waals surface area contributed by atoms with Crippen molar-refractivity contribution in [2.45, 2.75) is 26.9 Å². The van der Waals surface area contributed by atoms with E-state index in [2.05, 4.69) is 0 Å². The minimum atomic E-state index is -0.270. The van der Waals surface area contributed by atoms with Gasteiger partial charge in [0.25, 0.3) is 11.5 Å². The molecule has 0 saturated carbocycles. The van der Waals surface area contributed by atoms with Gasteiger partial charge in [-0.05, 0) is 25.5 Å². The van der Waals surface area contributed by atoms with Crippen molar-refractivity contribution >= 4 is 11.8 Å². The molecule has 2 heterocycles. The second-order valence-electron chi connectivity index (χ2n) is 6.57. The van der Waals surface area contributed by atoms with Crippen molar-refractivity contribution in [3.05, 3.63) is 69.6 Å². The average Bonchev–Trinajstić information content (AvgIpc) is 2.64. The van der Waals surface area contributed by atoms with Crippen LogP contribution in [0.5, 0.6) is 0 Å². The molecule has 26 heavy (non-hydrogen) atoms. The van der Waals surface area contributed by atoms with Crippen LogP contribution in [-0.2, 0) is 17.9 Å². The third kappa shape index (κ3) is 3.85.